The summed E-state index contributed by atoms with van der Waals surface area (Å²) in [6.45, 7) is 14.5. The van der Waals surface area contributed by atoms with Gasteiger partial charge in [0.1, 0.15) is 35.3 Å². The minimum Gasteiger partial charge on any atom is -0.504 e. The highest BCUT2D eigenvalue weighted by Gasteiger charge is 2.69. The number of amides is 1. The summed E-state index contributed by atoms with van der Waals surface area (Å²) < 4.78 is 43.4. The van der Waals surface area contributed by atoms with Crippen LogP contribution in [0.15, 0.2) is 46.7 Å². The number of aliphatic hydroxyl groups is 4. The molecule has 1 aliphatic heterocycles. The fraction of sp³-hybridized carbons (Fsp3) is 0.634. The zero-order chi connectivity index (χ0) is 43.0. The number of hydrogen-bond donors (Lipinski definition) is 5. The molecule has 3 aliphatic rings. The van der Waals surface area contributed by atoms with E-state index in [0.29, 0.717) is 0 Å². The van der Waals surface area contributed by atoms with Crippen LogP contribution in [0.4, 0.5) is 9.18 Å². The average molecular weight is 806 g/mol. The van der Waals surface area contributed by atoms with E-state index < -0.39 is 113 Å². The third kappa shape index (κ3) is 9.03. The smallest absolute Gasteiger partial charge is 0.407 e. The van der Waals surface area contributed by atoms with Crippen LogP contribution in [0.2, 0.25) is 0 Å². The molecule has 8 atom stereocenters. The van der Waals surface area contributed by atoms with Crippen molar-refractivity contribution in [3.63, 3.8) is 0 Å². The molecule has 4 rings (SSSR count). The van der Waals surface area contributed by atoms with Crippen molar-refractivity contribution >= 4 is 29.8 Å². The Morgan fingerprint density at radius 2 is 1.74 bits per heavy atom. The molecule has 16 heteroatoms. The van der Waals surface area contributed by atoms with Crippen LogP contribution in [-0.4, -0.2) is 111 Å². The van der Waals surface area contributed by atoms with E-state index in [0.717, 1.165) is 19.1 Å². The fourth-order valence-corrected chi connectivity index (χ4v) is 8.30. The molecule has 1 fully saturated rings. The Kier molecular flexibility index (Phi) is 13.4. The number of fused-ring (bicyclic) bond motifs is 2. The zero-order valence-corrected chi connectivity index (χ0v) is 34.1. The summed E-state index contributed by atoms with van der Waals surface area (Å²) in [5.41, 5.74) is -7.42. The number of hydrogen-bond acceptors (Lipinski definition) is 14. The maximum Gasteiger partial charge on any atom is 0.407 e. The van der Waals surface area contributed by atoms with Gasteiger partial charge in [-0.25, -0.2) is 18.8 Å². The molecule has 1 aromatic carbocycles. The van der Waals surface area contributed by atoms with Crippen LogP contribution in [0.3, 0.4) is 0 Å². The average Bonchev–Trinajstić information content (AvgIpc) is 3.08. The number of ether oxygens (including phenoxy) is 5. The van der Waals surface area contributed by atoms with Gasteiger partial charge < -0.3 is 49.4 Å². The van der Waals surface area contributed by atoms with Crippen LogP contribution in [-0.2, 0) is 38.1 Å². The van der Waals surface area contributed by atoms with Crippen molar-refractivity contribution in [2.45, 2.75) is 136 Å². The third-order valence-electron chi connectivity index (χ3n) is 11.0. The zero-order valence-electron chi connectivity index (χ0n) is 34.1. The quantitative estimate of drug-likeness (QED) is 0.148. The van der Waals surface area contributed by atoms with E-state index in [9.17, 15) is 48.8 Å². The molecule has 5 N–H and O–H groups in total. The first-order chi connectivity index (χ1) is 26.3. The normalized spacial score (nSPS) is 28.4. The van der Waals surface area contributed by atoms with E-state index in [1.165, 1.54) is 39.8 Å². The van der Waals surface area contributed by atoms with Crippen molar-refractivity contribution in [2.24, 2.45) is 17.3 Å². The molecule has 0 aromatic heterocycles. The summed E-state index contributed by atoms with van der Waals surface area (Å²) in [5, 5.41) is 48.9. The molecule has 1 saturated heterocycles. The molecule has 15 nitrogen and oxygen atoms in total. The first kappa shape index (κ1) is 45.3. The molecular formula is C41H56FNO14. The van der Waals surface area contributed by atoms with Crippen molar-refractivity contribution in [1.29, 1.82) is 0 Å². The first-order valence-electron chi connectivity index (χ1n) is 19.0. The largest absolute Gasteiger partial charge is 0.504 e. The summed E-state index contributed by atoms with van der Waals surface area (Å²) in [6, 6.07) is 3.35. The molecule has 57 heavy (non-hydrogen) atoms. The Hall–Kier alpha value is -4.38. The number of carbonyl (C=O) groups excluding carboxylic acids is 5. The summed E-state index contributed by atoms with van der Waals surface area (Å²) in [5.74, 6) is -7.47. The standard InChI is InChI=1S/C41H56FNO14/c1-20(2)16-26(43-37(51)57-38(6,7)8)32(47)36(50)54-27-18-41(52)34(55-35(49)24-12-11-13-25(42)17-24)30(40(56-23(5)45)19-53-28(40)14-15-44)22(4)31(46)33(48)29(21(27)3)39(41,9)10/h11-13,17,20,26-28,30,32,34,44,46-47,52H,14-16,18-19H2,1-10H3,(H,43,51)/t26-,27-,28+,30+,32+,34-,40-,41+/m0/s1. The number of rotatable bonds is 12. The molecule has 0 radical (unpaired) electrons. The van der Waals surface area contributed by atoms with Crippen molar-refractivity contribution in [3.05, 3.63) is 58.1 Å². The fourth-order valence-electron chi connectivity index (χ4n) is 8.30. The topological polar surface area (TPSA) is 224 Å². The number of aliphatic hydroxyl groups excluding tert-OH is 3. The highest BCUT2D eigenvalue weighted by molar-refractivity contribution is 6.09. The summed E-state index contributed by atoms with van der Waals surface area (Å²) >= 11 is 0. The number of allylic oxidation sites excluding steroid dienone is 1. The van der Waals surface area contributed by atoms with E-state index in [-0.39, 0.29) is 47.6 Å². The van der Waals surface area contributed by atoms with Gasteiger partial charge in [-0.3, -0.25) is 9.59 Å². The molecular weight excluding hydrogens is 749 g/mol. The lowest BCUT2D eigenvalue weighted by Gasteiger charge is -2.60. The second-order valence-corrected chi connectivity index (χ2v) is 17.1. The molecule has 1 amide bonds. The predicted octanol–water partition coefficient (Wildman–Crippen LogP) is 4.15. The van der Waals surface area contributed by atoms with Crippen molar-refractivity contribution in [3.8, 4) is 0 Å². The minimum atomic E-state index is -2.43. The van der Waals surface area contributed by atoms with Gasteiger partial charge in [-0.1, -0.05) is 33.8 Å². The number of alkyl carbamates (subject to hydrolysis) is 1. The lowest BCUT2D eigenvalue weighted by molar-refractivity contribution is -0.295. The second-order valence-electron chi connectivity index (χ2n) is 17.1. The van der Waals surface area contributed by atoms with E-state index in [1.807, 2.05) is 0 Å². The maximum absolute atomic E-state index is 14.5. The van der Waals surface area contributed by atoms with E-state index in [4.69, 9.17) is 23.7 Å². The van der Waals surface area contributed by atoms with Gasteiger partial charge in [0.25, 0.3) is 0 Å². The third-order valence-corrected chi connectivity index (χ3v) is 11.0. The van der Waals surface area contributed by atoms with Crippen LogP contribution < -0.4 is 5.32 Å². The van der Waals surface area contributed by atoms with Crippen molar-refractivity contribution in [1.82, 2.24) is 5.32 Å². The SMILES string of the molecule is CC(=O)O[C@@]1([C@@H]2C(C)=C(O)C(=O)C3=C(C)[C@@H](OC(=O)[C@H](O)[C@H](CC(C)C)NC(=O)OC(C)(C)C)C[C@@](O)([C@H]2OC(=O)c2cccc(F)c2)C3(C)C)CO[C@@H]1CCO. The molecule has 1 heterocycles. The molecule has 0 spiro atoms. The minimum absolute atomic E-state index is 0.101. The summed E-state index contributed by atoms with van der Waals surface area (Å²) in [6.07, 6.45) is -7.90. The van der Waals surface area contributed by atoms with Crippen LogP contribution in [0.1, 0.15) is 98.9 Å². The Labute approximate surface area is 331 Å². The van der Waals surface area contributed by atoms with Crippen LogP contribution >= 0.6 is 0 Å². The van der Waals surface area contributed by atoms with E-state index in [1.54, 1.807) is 34.6 Å². The number of ketones is 1. The van der Waals surface area contributed by atoms with Gasteiger partial charge in [0.15, 0.2) is 17.5 Å². The Balaban J connectivity index is 1.92. The molecule has 2 bridgehead atoms. The van der Waals surface area contributed by atoms with Gasteiger partial charge in [0.2, 0.25) is 5.78 Å². The number of Topliss-reactive ketones (excluding diaryl/α,β-unsaturated/α-hetero) is 1. The van der Waals surface area contributed by atoms with Gasteiger partial charge >= 0.3 is 24.0 Å². The number of carbonyl (C=O) groups is 5. The number of esters is 3. The van der Waals surface area contributed by atoms with Gasteiger partial charge in [-0.15, -0.1) is 0 Å². The van der Waals surface area contributed by atoms with Crippen LogP contribution in [0.25, 0.3) is 0 Å². The van der Waals surface area contributed by atoms with E-state index >= 15 is 0 Å². The highest BCUT2D eigenvalue weighted by atomic mass is 19.1. The maximum atomic E-state index is 14.5. The van der Waals surface area contributed by atoms with Gasteiger partial charge in [0.05, 0.1) is 24.1 Å². The molecule has 0 unspecified atom stereocenters. The molecule has 0 saturated carbocycles. The van der Waals surface area contributed by atoms with Gasteiger partial charge in [-0.2, -0.15) is 0 Å². The van der Waals surface area contributed by atoms with Crippen molar-refractivity contribution in [2.75, 3.05) is 13.2 Å². The van der Waals surface area contributed by atoms with Crippen molar-refractivity contribution < 1.29 is 72.5 Å². The lowest BCUT2D eigenvalue weighted by atomic mass is 9.53. The Bertz CT molecular complexity index is 1810. The molecule has 1 aromatic rings. The van der Waals surface area contributed by atoms with Gasteiger partial charge in [-0.05, 0) is 76.3 Å². The number of nitrogens with one attached hydrogen (secondary N) is 1. The highest BCUT2D eigenvalue weighted by Crippen LogP contribution is 2.58. The molecule has 316 valence electrons. The summed E-state index contributed by atoms with van der Waals surface area (Å²) in [4.78, 5) is 67.8. The molecule has 2 aliphatic carbocycles. The monoisotopic (exact) mass is 805 g/mol. The van der Waals surface area contributed by atoms with Gasteiger partial charge in [0, 0.05) is 37.4 Å². The number of halogens is 1. The Morgan fingerprint density at radius 1 is 1.09 bits per heavy atom. The van der Waals surface area contributed by atoms with E-state index in [2.05, 4.69) is 5.32 Å². The summed E-state index contributed by atoms with van der Waals surface area (Å²) in [7, 11) is 0. The second kappa shape index (κ2) is 16.8. The van der Waals surface area contributed by atoms with Crippen LogP contribution in [0.5, 0.6) is 0 Å². The Morgan fingerprint density at radius 3 is 2.26 bits per heavy atom. The van der Waals surface area contributed by atoms with Crippen LogP contribution in [0, 0.1) is 23.1 Å². The number of benzene rings is 1. The first-order valence-corrected chi connectivity index (χ1v) is 19.0. The lowest BCUT2D eigenvalue weighted by Crippen LogP contribution is -2.73. The predicted molar refractivity (Wildman–Crippen MR) is 200 cm³/mol.